The number of hydrogen-bond acceptors (Lipinski definition) is 2. The van der Waals surface area contributed by atoms with Gasteiger partial charge in [0, 0.05) is 30.1 Å². The molecule has 3 rings (SSSR count). The molecule has 4 heteroatoms. The zero-order valence-corrected chi connectivity index (χ0v) is 14.3. The zero-order chi connectivity index (χ0) is 17.1. The number of aryl methyl sites for hydroxylation is 1. The normalized spacial score (nSPS) is 19.8. The number of carbonyl (C=O) groups excluding carboxylic acids is 1. The Labute approximate surface area is 143 Å². The number of unbranched alkanes of at least 4 members (excludes halogenated alkanes) is 3. The third-order valence-electron chi connectivity index (χ3n) is 5.42. The second-order valence-corrected chi connectivity index (χ2v) is 6.86. The quantitative estimate of drug-likeness (QED) is 0.813. The van der Waals surface area contributed by atoms with Crippen LogP contribution in [0.5, 0.6) is 0 Å². The summed E-state index contributed by atoms with van der Waals surface area (Å²) in [6.45, 7) is 0. The SMILES string of the molecule is Cn1c2c(c3ccccc31)C(C(N)=O)CCC2CCCCCC#N. The standard InChI is InChI=1S/C20H25N3O/c1-23-17-10-6-5-9-15(17)18-16(20(22)24)12-11-14(19(18)23)8-4-2-3-7-13-21/h5-6,9-10,14,16H,2-4,7-8,11-12H2,1H3,(H2,22,24). The van der Waals surface area contributed by atoms with Gasteiger partial charge in [0.15, 0.2) is 0 Å². The highest BCUT2D eigenvalue weighted by molar-refractivity contribution is 5.93. The van der Waals surface area contributed by atoms with Crippen molar-refractivity contribution >= 4 is 16.8 Å². The molecule has 1 aromatic carbocycles. The predicted octanol–water partition coefficient (Wildman–Crippen LogP) is 4.10. The van der Waals surface area contributed by atoms with Crippen molar-refractivity contribution in [3.63, 3.8) is 0 Å². The Kier molecular flexibility index (Phi) is 4.89. The van der Waals surface area contributed by atoms with Gasteiger partial charge in [0.1, 0.15) is 0 Å². The highest BCUT2D eigenvalue weighted by atomic mass is 16.1. The Morgan fingerprint density at radius 1 is 1.29 bits per heavy atom. The smallest absolute Gasteiger partial charge is 0.225 e. The summed E-state index contributed by atoms with van der Waals surface area (Å²) in [4.78, 5) is 12.0. The Morgan fingerprint density at radius 3 is 2.83 bits per heavy atom. The number of nitrogens with zero attached hydrogens (tertiary/aromatic N) is 2. The van der Waals surface area contributed by atoms with Gasteiger partial charge in [0.05, 0.1) is 12.0 Å². The molecular formula is C20H25N3O. The summed E-state index contributed by atoms with van der Waals surface area (Å²) in [6.07, 6.45) is 6.84. The molecular weight excluding hydrogens is 298 g/mol. The molecule has 0 aliphatic heterocycles. The van der Waals surface area contributed by atoms with E-state index in [1.807, 2.05) is 12.1 Å². The van der Waals surface area contributed by atoms with Crippen molar-refractivity contribution in [2.75, 3.05) is 0 Å². The Balaban J connectivity index is 1.92. The number of carbonyl (C=O) groups is 1. The number of nitrogens with two attached hydrogens (primary N) is 1. The molecule has 0 spiro atoms. The number of hydrogen-bond donors (Lipinski definition) is 1. The maximum absolute atomic E-state index is 12.0. The van der Waals surface area contributed by atoms with Crippen molar-refractivity contribution in [3.8, 4) is 6.07 Å². The molecule has 2 atom stereocenters. The van der Waals surface area contributed by atoms with Crippen molar-refractivity contribution in [3.05, 3.63) is 35.5 Å². The number of nitriles is 1. The molecule has 1 aromatic heterocycles. The highest BCUT2D eigenvalue weighted by Crippen LogP contribution is 2.45. The minimum atomic E-state index is -0.208. The van der Waals surface area contributed by atoms with Gasteiger partial charge in [-0.1, -0.05) is 31.0 Å². The fraction of sp³-hybridized carbons (Fsp3) is 0.500. The molecule has 4 nitrogen and oxygen atoms in total. The number of amides is 1. The second-order valence-electron chi connectivity index (χ2n) is 6.86. The molecule has 24 heavy (non-hydrogen) atoms. The van der Waals surface area contributed by atoms with Crippen LogP contribution >= 0.6 is 0 Å². The lowest BCUT2D eigenvalue weighted by Gasteiger charge is -2.29. The maximum atomic E-state index is 12.0. The van der Waals surface area contributed by atoms with Gasteiger partial charge in [-0.05, 0) is 43.2 Å². The summed E-state index contributed by atoms with van der Waals surface area (Å²) in [5, 5.41) is 9.82. The first-order valence-electron chi connectivity index (χ1n) is 8.88. The van der Waals surface area contributed by atoms with E-state index >= 15 is 0 Å². The van der Waals surface area contributed by atoms with E-state index in [1.54, 1.807) is 0 Å². The number of rotatable bonds is 6. The van der Waals surface area contributed by atoms with Gasteiger partial charge in [0.25, 0.3) is 0 Å². The van der Waals surface area contributed by atoms with Crippen molar-refractivity contribution in [1.29, 1.82) is 5.26 Å². The fourth-order valence-corrected chi connectivity index (χ4v) is 4.29. The third-order valence-corrected chi connectivity index (χ3v) is 5.42. The maximum Gasteiger partial charge on any atom is 0.225 e. The molecule has 1 aliphatic rings. The number of primary amides is 1. The molecule has 2 unspecified atom stereocenters. The minimum absolute atomic E-state index is 0.166. The third kappa shape index (κ3) is 2.91. The van der Waals surface area contributed by atoms with Crippen LogP contribution in [0.1, 0.15) is 68.0 Å². The van der Waals surface area contributed by atoms with Crippen LogP contribution in [0.2, 0.25) is 0 Å². The fourth-order valence-electron chi connectivity index (χ4n) is 4.29. The summed E-state index contributed by atoms with van der Waals surface area (Å²) < 4.78 is 2.26. The molecule has 1 amide bonds. The molecule has 0 saturated heterocycles. The van der Waals surface area contributed by atoms with Gasteiger partial charge < -0.3 is 10.3 Å². The van der Waals surface area contributed by atoms with E-state index in [4.69, 9.17) is 11.0 Å². The van der Waals surface area contributed by atoms with Gasteiger partial charge in [-0.15, -0.1) is 0 Å². The molecule has 2 N–H and O–H groups in total. The number of para-hydroxylation sites is 1. The van der Waals surface area contributed by atoms with E-state index in [2.05, 4.69) is 29.8 Å². The summed E-state index contributed by atoms with van der Waals surface area (Å²) in [7, 11) is 2.10. The molecule has 0 fully saturated rings. The molecule has 2 aromatic rings. The lowest BCUT2D eigenvalue weighted by molar-refractivity contribution is -0.119. The Morgan fingerprint density at radius 2 is 2.08 bits per heavy atom. The van der Waals surface area contributed by atoms with Crippen LogP contribution in [0.3, 0.4) is 0 Å². The molecule has 1 heterocycles. The van der Waals surface area contributed by atoms with Gasteiger partial charge in [-0.3, -0.25) is 4.79 Å². The van der Waals surface area contributed by atoms with Gasteiger partial charge in [0.2, 0.25) is 5.91 Å². The van der Waals surface area contributed by atoms with Crippen LogP contribution in [0.15, 0.2) is 24.3 Å². The van der Waals surface area contributed by atoms with Gasteiger partial charge >= 0.3 is 0 Å². The molecule has 1 aliphatic carbocycles. The van der Waals surface area contributed by atoms with E-state index in [-0.39, 0.29) is 11.8 Å². The van der Waals surface area contributed by atoms with E-state index in [1.165, 1.54) is 16.6 Å². The second kappa shape index (κ2) is 7.09. The van der Waals surface area contributed by atoms with E-state index < -0.39 is 0 Å². The Bertz CT molecular complexity index is 784. The highest BCUT2D eigenvalue weighted by Gasteiger charge is 2.34. The summed E-state index contributed by atoms with van der Waals surface area (Å²) in [5.74, 6) is 0.107. The molecule has 0 bridgehead atoms. The van der Waals surface area contributed by atoms with Crippen LogP contribution < -0.4 is 5.73 Å². The average Bonchev–Trinajstić information content (AvgIpc) is 2.89. The van der Waals surface area contributed by atoms with Crippen LogP contribution in [0.4, 0.5) is 0 Å². The predicted molar refractivity (Wildman–Crippen MR) is 95.5 cm³/mol. The number of aromatic nitrogens is 1. The largest absolute Gasteiger partial charge is 0.369 e. The number of benzene rings is 1. The number of fused-ring (bicyclic) bond motifs is 3. The van der Waals surface area contributed by atoms with E-state index in [9.17, 15) is 4.79 Å². The van der Waals surface area contributed by atoms with E-state index in [0.29, 0.717) is 12.3 Å². The Hall–Kier alpha value is -2.28. The first kappa shape index (κ1) is 16.6. The van der Waals surface area contributed by atoms with Crippen LogP contribution in [0.25, 0.3) is 10.9 Å². The minimum Gasteiger partial charge on any atom is -0.369 e. The summed E-state index contributed by atoms with van der Waals surface area (Å²) in [5.41, 5.74) is 9.35. The molecule has 0 saturated carbocycles. The summed E-state index contributed by atoms with van der Waals surface area (Å²) in [6, 6.07) is 10.5. The van der Waals surface area contributed by atoms with E-state index in [0.717, 1.165) is 44.1 Å². The zero-order valence-electron chi connectivity index (χ0n) is 14.3. The van der Waals surface area contributed by atoms with Crippen LogP contribution in [-0.4, -0.2) is 10.5 Å². The monoisotopic (exact) mass is 323 g/mol. The van der Waals surface area contributed by atoms with Gasteiger partial charge in [-0.2, -0.15) is 5.26 Å². The molecule has 126 valence electrons. The van der Waals surface area contributed by atoms with Crippen LogP contribution in [0, 0.1) is 11.3 Å². The van der Waals surface area contributed by atoms with Crippen molar-refractivity contribution < 1.29 is 4.79 Å². The van der Waals surface area contributed by atoms with Crippen molar-refractivity contribution in [2.45, 2.75) is 56.8 Å². The first-order valence-corrected chi connectivity index (χ1v) is 8.88. The topological polar surface area (TPSA) is 71.8 Å². The van der Waals surface area contributed by atoms with Gasteiger partial charge in [-0.25, -0.2) is 0 Å². The van der Waals surface area contributed by atoms with Crippen LogP contribution in [-0.2, 0) is 11.8 Å². The lowest BCUT2D eigenvalue weighted by Crippen LogP contribution is -2.27. The summed E-state index contributed by atoms with van der Waals surface area (Å²) >= 11 is 0. The van der Waals surface area contributed by atoms with Crippen molar-refractivity contribution in [1.82, 2.24) is 4.57 Å². The van der Waals surface area contributed by atoms with Crippen molar-refractivity contribution in [2.24, 2.45) is 12.8 Å². The molecule has 0 radical (unpaired) electrons. The first-order chi connectivity index (χ1) is 11.6. The lowest BCUT2D eigenvalue weighted by atomic mass is 9.77. The average molecular weight is 323 g/mol.